The molecule has 10 heteroatoms. The minimum atomic E-state index is -0.564. The molecule has 0 amide bonds. The fourth-order valence-corrected chi connectivity index (χ4v) is 2.60. The van der Waals surface area contributed by atoms with Gasteiger partial charge in [0.05, 0.1) is 24.2 Å². The van der Waals surface area contributed by atoms with E-state index in [4.69, 9.17) is 18.6 Å². The Hall–Kier alpha value is -3.79. The number of nitro benzene ring substituents is 1. The molecule has 0 saturated carbocycles. The number of non-ortho nitro benzene ring substituents is 1. The van der Waals surface area contributed by atoms with Gasteiger partial charge in [-0.05, 0) is 37.3 Å². The molecule has 10 nitrogen and oxygen atoms in total. The maximum Gasteiger partial charge on any atom is 0.338 e. The lowest BCUT2D eigenvalue weighted by Gasteiger charge is -2.10. The summed E-state index contributed by atoms with van der Waals surface area (Å²) in [7, 11) is 1.54. The largest absolute Gasteiger partial charge is 0.496 e. The number of carbonyl (C=O) groups excluding carboxylic acids is 1. The number of ether oxygens (including phenoxy) is 3. The van der Waals surface area contributed by atoms with Gasteiger partial charge in [0.25, 0.3) is 11.6 Å². The molecule has 0 saturated heterocycles. The Morgan fingerprint density at radius 3 is 2.57 bits per heavy atom. The Balaban J connectivity index is 1.64. The van der Waals surface area contributed by atoms with E-state index in [1.807, 2.05) is 6.92 Å². The third-order valence-electron chi connectivity index (χ3n) is 4.10. The average molecular weight is 413 g/mol. The maximum atomic E-state index is 12.4. The zero-order valence-electron chi connectivity index (χ0n) is 16.4. The molecule has 1 aromatic heterocycles. The topological polar surface area (TPSA) is 127 Å². The van der Waals surface area contributed by atoms with Crippen LogP contribution in [0, 0.1) is 10.1 Å². The molecule has 0 aliphatic rings. The number of rotatable bonds is 9. The van der Waals surface area contributed by atoms with Crippen molar-refractivity contribution in [3.8, 4) is 17.2 Å². The summed E-state index contributed by atoms with van der Waals surface area (Å²) >= 11 is 0. The number of benzene rings is 2. The van der Waals surface area contributed by atoms with E-state index in [1.165, 1.54) is 24.3 Å². The molecule has 3 aromatic rings. The molecule has 0 aliphatic carbocycles. The molecule has 0 bridgehead atoms. The molecule has 0 spiro atoms. The normalized spacial score (nSPS) is 10.6. The van der Waals surface area contributed by atoms with E-state index in [2.05, 4.69) is 10.2 Å². The number of esters is 1. The van der Waals surface area contributed by atoms with Crippen LogP contribution < -0.4 is 4.74 Å². The van der Waals surface area contributed by atoms with Crippen LogP contribution in [0.25, 0.3) is 11.5 Å². The Kier molecular flexibility index (Phi) is 6.71. The van der Waals surface area contributed by atoms with Gasteiger partial charge in [-0.1, -0.05) is 0 Å². The molecule has 156 valence electrons. The van der Waals surface area contributed by atoms with Gasteiger partial charge in [0, 0.05) is 29.9 Å². The fourth-order valence-electron chi connectivity index (χ4n) is 2.60. The predicted octanol–water partition coefficient (Wildman–Crippen LogP) is 3.55. The Morgan fingerprint density at radius 2 is 1.90 bits per heavy atom. The lowest BCUT2D eigenvalue weighted by Crippen LogP contribution is -2.07. The van der Waals surface area contributed by atoms with Crippen molar-refractivity contribution in [3.05, 3.63) is 69.6 Å². The van der Waals surface area contributed by atoms with E-state index in [0.717, 1.165) is 5.56 Å². The van der Waals surface area contributed by atoms with Crippen molar-refractivity contribution in [1.82, 2.24) is 10.2 Å². The van der Waals surface area contributed by atoms with Gasteiger partial charge in [-0.15, -0.1) is 10.2 Å². The first-order valence-electron chi connectivity index (χ1n) is 9.00. The highest BCUT2D eigenvalue weighted by Gasteiger charge is 2.15. The van der Waals surface area contributed by atoms with Crippen molar-refractivity contribution < 1.29 is 28.3 Å². The lowest BCUT2D eigenvalue weighted by atomic mass is 10.1. The van der Waals surface area contributed by atoms with Crippen molar-refractivity contribution in [3.63, 3.8) is 0 Å². The minimum Gasteiger partial charge on any atom is -0.496 e. The second-order valence-electron chi connectivity index (χ2n) is 6.04. The second kappa shape index (κ2) is 9.61. The van der Waals surface area contributed by atoms with Gasteiger partial charge < -0.3 is 18.6 Å². The Morgan fingerprint density at radius 1 is 1.13 bits per heavy atom. The van der Waals surface area contributed by atoms with Crippen molar-refractivity contribution in [2.75, 3.05) is 13.7 Å². The molecule has 0 aliphatic heterocycles. The standard InChI is InChI=1S/C20H19N3O7/c1-3-28-11-15-10-14(6-9-17(15)27-2)20(24)29-12-18-21-22-19(30-18)13-4-7-16(8-5-13)23(25)26/h4-10H,3,11-12H2,1-2H3. The highest BCUT2D eigenvalue weighted by molar-refractivity contribution is 5.89. The molecule has 0 atom stereocenters. The van der Waals surface area contributed by atoms with E-state index in [-0.39, 0.29) is 24.1 Å². The summed E-state index contributed by atoms with van der Waals surface area (Å²) in [6.07, 6.45) is 0. The molecule has 2 aromatic carbocycles. The second-order valence-corrected chi connectivity index (χ2v) is 6.04. The zero-order chi connectivity index (χ0) is 21.5. The monoisotopic (exact) mass is 413 g/mol. The van der Waals surface area contributed by atoms with E-state index in [0.29, 0.717) is 30.1 Å². The molecular formula is C20H19N3O7. The Bertz CT molecular complexity index is 1030. The summed E-state index contributed by atoms with van der Waals surface area (Å²) in [4.78, 5) is 22.6. The third-order valence-corrected chi connectivity index (χ3v) is 4.10. The van der Waals surface area contributed by atoms with Crippen LogP contribution in [0.4, 0.5) is 5.69 Å². The molecule has 3 rings (SSSR count). The Labute approximate surface area is 171 Å². The third kappa shape index (κ3) is 4.97. The van der Waals surface area contributed by atoms with E-state index in [1.54, 1.807) is 25.3 Å². The molecule has 0 fully saturated rings. The number of aromatic nitrogens is 2. The van der Waals surface area contributed by atoms with Crippen LogP contribution in [-0.4, -0.2) is 34.8 Å². The summed E-state index contributed by atoms with van der Waals surface area (Å²) in [6.45, 7) is 2.50. The zero-order valence-corrected chi connectivity index (χ0v) is 16.4. The molecule has 0 N–H and O–H groups in total. The number of carbonyl (C=O) groups is 1. The molecule has 1 heterocycles. The first kappa shape index (κ1) is 20.9. The summed E-state index contributed by atoms with van der Waals surface area (Å²) < 4.78 is 21.4. The summed E-state index contributed by atoms with van der Waals surface area (Å²) in [6, 6.07) is 10.6. The smallest absolute Gasteiger partial charge is 0.338 e. The van der Waals surface area contributed by atoms with Crippen molar-refractivity contribution >= 4 is 11.7 Å². The maximum absolute atomic E-state index is 12.4. The fraction of sp³-hybridized carbons (Fsp3) is 0.250. The van der Waals surface area contributed by atoms with Gasteiger partial charge in [-0.2, -0.15) is 0 Å². The first-order valence-corrected chi connectivity index (χ1v) is 9.00. The highest BCUT2D eigenvalue weighted by Crippen LogP contribution is 2.23. The van der Waals surface area contributed by atoms with Crippen molar-refractivity contribution in [2.24, 2.45) is 0 Å². The van der Waals surface area contributed by atoms with Crippen LogP contribution >= 0.6 is 0 Å². The molecule has 30 heavy (non-hydrogen) atoms. The SMILES string of the molecule is CCOCc1cc(C(=O)OCc2nnc(-c3ccc([N+](=O)[O-])cc3)o2)ccc1OC. The van der Waals surface area contributed by atoms with Crippen LogP contribution in [0.5, 0.6) is 5.75 Å². The van der Waals surface area contributed by atoms with Crippen LogP contribution in [0.15, 0.2) is 46.9 Å². The van der Waals surface area contributed by atoms with E-state index < -0.39 is 10.9 Å². The highest BCUT2D eigenvalue weighted by atomic mass is 16.6. The quantitative estimate of drug-likeness (QED) is 0.294. The van der Waals surface area contributed by atoms with Gasteiger partial charge in [-0.25, -0.2) is 4.79 Å². The minimum absolute atomic E-state index is 0.0457. The number of nitro groups is 1. The predicted molar refractivity (Wildman–Crippen MR) is 104 cm³/mol. The summed E-state index contributed by atoms with van der Waals surface area (Å²) in [5.41, 5.74) is 1.53. The lowest BCUT2D eigenvalue weighted by molar-refractivity contribution is -0.384. The number of nitrogens with zero attached hydrogens (tertiary/aromatic N) is 3. The van der Waals surface area contributed by atoms with Crippen molar-refractivity contribution in [2.45, 2.75) is 20.1 Å². The van der Waals surface area contributed by atoms with Gasteiger partial charge in [-0.3, -0.25) is 10.1 Å². The average Bonchev–Trinajstić information content (AvgIpc) is 3.25. The van der Waals surface area contributed by atoms with E-state index in [9.17, 15) is 14.9 Å². The van der Waals surface area contributed by atoms with Crippen LogP contribution in [0.3, 0.4) is 0 Å². The summed E-state index contributed by atoms with van der Waals surface area (Å²) in [5, 5.41) is 18.4. The van der Waals surface area contributed by atoms with Crippen LogP contribution in [0.2, 0.25) is 0 Å². The van der Waals surface area contributed by atoms with Gasteiger partial charge in [0.2, 0.25) is 5.89 Å². The van der Waals surface area contributed by atoms with Gasteiger partial charge in [0.1, 0.15) is 5.75 Å². The van der Waals surface area contributed by atoms with Crippen molar-refractivity contribution in [1.29, 1.82) is 0 Å². The van der Waals surface area contributed by atoms with E-state index >= 15 is 0 Å². The number of hydrogen-bond donors (Lipinski definition) is 0. The molecular weight excluding hydrogens is 394 g/mol. The first-order chi connectivity index (χ1) is 14.5. The number of hydrogen-bond acceptors (Lipinski definition) is 9. The molecule has 0 unspecified atom stereocenters. The number of methoxy groups -OCH3 is 1. The van der Waals surface area contributed by atoms with Crippen LogP contribution in [-0.2, 0) is 22.7 Å². The van der Waals surface area contributed by atoms with Gasteiger partial charge >= 0.3 is 5.97 Å². The van der Waals surface area contributed by atoms with Gasteiger partial charge in [0.15, 0.2) is 6.61 Å². The molecule has 0 radical (unpaired) electrons. The summed E-state index contributed by atoms with van der Waals surface area (Å²) in [5.74, 6) is 0.314. The van der Waals surface area contributed by atoms with Crippen LogP contribution in [0.1, 0.15) is 28.7 Å².